The summed E-state index contributed by atoms with van der Waals surface area (Å²) in [6.45, 7) is 9.00. The van der Waals surface area contributed by atoms with Crippen molar-refractivity contribution < 1.29 is 34.0 Å². The minimum Gasteiger partial charge on any atom is -0.569 e. The molecule has 0 bridgehead atoms. The average Bonchev–Trinajstić information content (AvgIpc) is 2.29. The number of hydrogen-bond donors (Lipinski definition) is 1. The number of hydrogen-bond acceptors (Lipinski definition) is 7. The van der Waals surface area contributed by atoms with Crippen molar-refractivity contribution in [2.75, 3.05) is 6.54 Å². The summed E-state index contributed by atoms with van der Waals surface area (Å²) in [6.07, 6.45) is -2.15. The van der Waals surface area contributed by atoms with Gasteiger partial charge in [0.25, 0.3) is 6.29 Å². The number of carboxylic acids is 1. The minimum absolute atomic E-state index is 0.00621. The molecule has 0 aromatic carbocycles. The van der Waals surface area contributed by atoms with E-state index in [0.717, 1.165) is 5.01 Å². The fraction of sp³-hybridized carbons (Fsp3) is 0.833. The number of nitrogens with zero attached hydrogens (tertiary/aromatic N) is 3. The van der Waals surface area contributed by atoms with Gasteiger partial charge in [-0.2, -0.15) is 0 Å². The molecular formula is C12H23N3O7. The Labute approximate surface area is 128 Å². The molecule has 1 N–H and O–H groups in total. The molecule has 128 valence electrons. The zero-order valence-electron chi connectivity index (χ0n) is 13.6. The molecule has 0 aliphatic carbocycles. The highest BCUT2D eigenvalue weighted by atomic mass is 16.8. The second-order valence-corrected chi connectivity index (χ2v) is 5.67. The van der Waals surface area contributed by atoms with Gasteiger partial charge in [0.2, 0.25) is 5.28 Å². The number of aliphatic carboxylic acids is 1. The summed E-state index contributed by atoms with van der Waals surface area (Å²) < 4.78 is 9.61. The Hall–Kier alpha value is -2.26. The van der Waals surface area contributed by atoms with E-state index in [1.165, 1.54) is 6.92 Å². The number of carbonyl (C=O) groups excluding carboxylic acids is 1. The summed E-state index contributed by atoms with van der Waals surface area (Å²) in [5.41, 5.74) is -0.728. The van der Waals surface area contributed by atoms with Gasteiger partial charge >= 0.3 is 12.1 Å². The van der Waals surface area contributed by atoms with Crippen LogP contribution in [0.3, 0.4) is 0 Å². The maximum atomic E-state index is 11.7. The summed E-state index contributed by atoms with van der Waals surface area (Å²) in [7, 11) is 0. The van der Waals surface area contributed by atoms with Gasteiger partial charge in [0, 0.05) is 6.92 Å². The van der Waals surface area contributed by atoms with Crippen molar-refractivity contribution in [3.8, 4) is 0 Å². The molecule has 0 aliphatic heterocycles. The van der Waals surface area contributed by atoms with Gasteiger partial charge in [0.05, 0.1) is 11.0 Å². The van der Waals surface area contributed by atoms with E-state index in [4.69, 9.17) is 14.6 Å². The molecule has 0 heterocycles. The Morgan fingerprint density at radius 1 is 1.32 bits per heavy atom. The first-order chi connectivity index (χ1) is 9.92. The first-order valence-corrected chi connectivity index (χ1v) is 6.64. The molecule has 0 aliphatic rings. The van der Waals surface area contributed by atoms with Gasteiger partial charge in [0.1, 0.15) is 5.60 Å². The highest BCUT2D eigenvalue weighted by molar-refractivity contribution is 5.68. The van der Waals surface area contributed by atoms with Crippen molar-refractivity contribution in [3.63, 3.8) is 0 Å². The summed E-state index contributed by atoms with van der Waals surface area (Å²) in [5, 5.41) is 24.4. The van der Waals surface area contributed by atoms with Gasteiger partial charge in [0.15, 0.2) is 6.54 Å². The van der Waals surface area contributed by atoms with E-state index < -0.39 is 36.6 Å². The van der Waals surface area contributed by atoms with Crippen LogP contribution in [-0.4, -0.2) is 51.7 Å². The molecule has 1 unspecified atom stereocenters. The van der Waals surface area contributed by atoms with E-state index in [2.05, 4.69) is 10.1 Å². The fourth-order valence-corrected chi connectivity index (χ4v) is 1.16. The van der Waals surface area contributed by atoms with Crippen molar-refractivity contribution in [1.82, 2.24) is 5.01 Å². The Morgan fingerprint density at radius 3 is 2.27 bits per heavy atom. The quantitative estimate of drug-likeness (QED) is 0.248. The van der Waals surface area contributed by atoms with Gasteiger partial charge in [-0.25, -0.2) is 4.79 Å². The second kappa shape index (κ2) is 8.25. The monoisotopic (exact) mass is 321 g/mol. The number of ether oxygens (including phenoxy) is 2. The van der Waals surface area contributed by atoms with Crippen molar-refractivity contribution >= 4 is 12.1 Å². The van der Waals surface area contributed by atoms with Crippen LogP contribution in [0, 0.1) is 5.21 Å². The Bertz CT molecular complexity index is 417. The third-order valence-electron chi connectivity index (χ3n) is 2.03. The van der Waals surface area contributed by atoms with Crippen molar-refractivity contribution in [2.24, 2.45) is 5.28 Å². The van der Waals surface area contributed by atoms with Gasteiger partial charge in [-0.15, -0.1) is 5.01 Å². The van der Waals surface area contributed by atoms with Crippen molar-refractivity contribution in [2.45, 2.75) is 59.5 Å². The first kappa shape index (κ1) is 19.7. The van der Waals surface area contributed by atoms with Gasteiger partial charge < -0.3 is 19.8 Å². The zero-order valence-corrected chi connectivity index (χ0v) is 13.6. The van der Waals surface area contributed by atoms with Gasteiger partial charge in [-0.1, -0.05) is 0 Å². The lowest BCUT2D eigenvalue weighted by Crippen LogP contribution is -2.40. The van der Waals surface area contributed by atoms with Crippen LogP contribution in [-0.2, 0) is 19.1 Å². The molecule has 0 fully saturated rings. The maximum absolute atomic E-state index is 11.7. The van der Waals surface area contributed by atoms with Crippen LogP contribution in [0.4, 0.5) is 4.79 Å². The molecular weight excluding hydrogens is 298 g/mol. The lowest BCUT2D eigenvalue weighted by molar-refractivity contribution is -0.717. The van der Waals surface area contributed by atoms with Crippen LogP contribution in [0.5, 0.6) is 0 Å². The molecule has 0 rings (SSSR count). The highest BCUT2D eigenvalue weighted by Crippen LogP contribution is 2.10. The summed E-state index contributed by atoms with van der Waals surface area (Å²) in [6, 6.07) is -0.414. The smallest absolute Gasteiger partial charge is 0.511 e. The largest absolute Gasteiger partial charge is 0.569 e. The Kier molecular flexibility index (Phi) is 7.40. The van der Waals surface area contributed by atoms with E-state index in [-0.39, 0.29) is 4.97 Å². The summed E-state index contributed by atoms with van der Waals surface area (Å²) >= 11 is 0. The van der Waals surface area contributed by atoms with Crippen LogP contribution in [0.2, 0.25) is 0 Å². The molecule has 1 atom stereocenters. The topological polar surface area (TPSA) is 124 Å². The van der Waals surface area contributed by atoms with Crippen LogP contribution >= 0.6 is 0 Å². The fourth-order valence-electron chi connectivity index (χ4n) is 1.16. The standard InChI is InChI=1S/C12H23N3O7/c1-8(2)14(7-10(16)17)15(19)13-22-9(3)20-11(18)21-12(4,5)6/h8-9H,7H2,1-6H3,(H,16,17). The molecule has 0 saturated carbocycles. The van der Waals surface area contributed by atoms with E-state index in [1.54, 1.807) is 34.6 Å². The van der Waals surface area contributed by atoms with E-state index in [1.807, 2.05) is 0 Å². The number of carbonyl (C=O) groups is 2. The molecule has 0 amide bonds. The van der Waals surface area contributed by atoms with Crippen molar-refractivity contribution in [1.29, 1.82) is 0 Å². The Morgan fingerprint density at radius 2 is 1.86 bits per heavy atom. The molecule has 10 heteroatoms. The van der Waals surface area contributed by atoms with E-state index >= 15 is 0 Å². The van der Waals surface area contributed by atoms with Crippen LogP contribution < -0.4 is 0 Å². The maximum Gasteiger partial charge on any atom is 0.511 e. The third kappa shape index (κ3) is 8.82. The third-order valence-corrected chi connectivity index (χ3v) is 2.03. The molecule has 0 spiro atoms. The second-order valence-electron chi connectivity index (χ2n) is 5.67. The minimum atomic E-state index is -1.19. The zero-order chi connectivity index (χ0) is 17.5. The molecule has 0 radical (unpaired) electrons. The molecule has 10 nitrogen and oxygen atoms in total. The normalized spacial score (nSPS) is 13.5. The lowest BCUT2D eigenvalue weighted by atomic mass is 10.2. The predicted molar refractivity (Wildman–Crippen MR) is 73.4 cm³/mol. The van der Waals surface area contributed by atoms with Crippen LogP contribution in [0.25, 0.3) is 0 Å². The lowest BCUT2D eigenvalue weighted by Gasteiger charge is -2.21. The van der Waals surface area contributed by atoms with E-state index in [0.29, 0.717) is 0 Å². The van der Waals surface area contributed by atoms with Gasteiger partial charge in [-0.05, 0) is 34.6 Å². The SMILES string of the molecule is CC(ON=[N+]([O-])N(CC(=O)O)C(C)C)OC(=O)OC(C)(C)C. The predicted octanol–water partition coefficient (Wildman–Crippen LogP) is 1.89. The van der Waals surface area contributed by atoms with Crippen molar-refractivity contribution in [3.05, 3.63) is 5.21 Å². The van der Waals surface area contributed by atoms with E-state index in [9.17, 15) is 14.8 Å². The number of carboxylic acid groups (broad SMARTS) is 1. The first-order valence-electron chi connectivity index (χ1n) is 6.64. The summed E-state index contributed by atoms with van der Waals surface area (Å²) in [4.78, 5) is 26.7. The highest BCUT2D eigenvalue weighted by Gasteiger charge is 2.23. The number of hydrazine groups is 1. The van der Waals surface area contributed by atoms with Gasteiger partial charge in [-0.3, -0.25) is 9.63 Å². The average molecular weight is 321 g/mol. The molecule has 0 aromatic heterocycles. The van der Waals surface area contributed by atoms with Crippen LogP contribution in [0.1, 0.15) is 41.5 Å². The molecule has 0 aromatic rings. The molecule has 0 saturated heterocycles. The Balaban J connectivity index is 4.54. The number of rotatable bonds is 7. The summed E-state index contributed by atoms with van der Waals surface area (Å²) in [5.74, 6) is -1.19. The van der Waals surface area contributed by atoms with Crippen LogP contribution in [0.15, 0.2) is 5.28 Å². The molecule has 22 heavy (non-hydrogen) atoms.